The normalized spacial score (nSPS) is 11.6. The summed E-state index contributed by atoms with van der Waals surface area (Å²) in [5.74, 6) is -1.11. The Bertz CT molecular complexity index is 1410. The van der Waals surface area contributed by atoms with Crippen LogP contribution in [0.5, 0.6) is 0 Å². The molecule has 0 saturated carbocycles. The number of nitrogens with zero attached hydrogens (tertiary/aromatic N) is 1. The third-order valence-electron chi connectivity index (χ3n) is 5.08. The van der Waals surface area contributed by atoms with E-state index in [-0.39, 0.29) is 22.2 Å². The van der Waals surface area contributed by atoms with Crippen molar-refractivity contribution in [2.24, 2.45) is 0 Å². The summed E-state index contributed by atoms with van der Waals surface area (Å²) in [6.45, 7) is 1.83. The molecule has 1 amide bonds. The Labute approximate surface area is 190 Å². The number of sulfone groups is 1. The number of carbonyl (C=O) groups excluding carboxylic acids is 1. The smallest absolute Gasteiger partial charge is 0.244 e. The van der Waals surface area contributed by atoms with Gasteiger partial charge >= 0.3 is 0 Å². The highest BCUT2D eigenvalue weighted by atomic mass is 35.5. The maximum absolute atomic E-state index is 13.3. The third kappa shape index (κ3) is 4.69. The van der Waals surface area contributed by atoms with Crippen LogP contribution in [0.25, 0.3) is 10.9 Å². The molecular formula is C24H20ClFN2O3S. The van der Waals surface area contributed by atoms with Gasteiger partial charge in [0.1, 0.15) is 12.4 Å². The van der Waals surface area contributed by atoms with Crippen molar-refractivity contribution in [1.82, 2.24) is 4.57 Å². The molecule has 0 unspecified atom stereocenters. The minimum Gasteiger partial charge on any atom is -0.337 e. The van der Waals surface area contributed by atoms with E-state index >= 15 is 0 Å². The molecule has 32 heavy (non-hydrogen) atoms. The number of benzene rings is 3. The van der Waals surface area contributed by atoms with Crippen LogP contribution in [0.2, 0.25) is 5.02 Å². The van der Waals surface area contributed by atoms with E-state index in [1.807, 2.05) is 19.1 Å². The van der Waals surface area contributed by atoms with Crippen LogP contribution in [0.15, 0.2) is 77.8 Å². The summed E-state index contributed by atoms with van der Waals surface area (Å²) in [5, 5.41) is 3.11. The first-order valence-corrected chi connectivity index (χ1v) is 11.9. The van der Waals surface area contributed by atoms with Crippen LogP contribution < -0.4 is 5.32 Å². The van der Waals surface area contributed by atoms with Gasteiger partial charge in [0.25, 0.3) is 0 Å². The zero-order valence-corrected chi connectivity index (χ0v) is 18.8. The second-order valence-electron chi connectivity index (χ2n) is 7.56. The van der Waals surface area contributed by atoms with E-state index in [2.05, 4.69) is 5.32 Å². The van der Waals surface area contributed by atoms with E-state index in [1.54, 1.807) is 41.0 Å². The van der Waals surface area contributed by atoms with Gasteiger partial charge in [-0.05, 0) is 36.8 Å². The van der Waals surface area contributed by atoms with E-state index in [0.717, 1.165) is 5.56 Å². The monoisotopic (exact) mass is 470 g/mol. The summed E-state index contributed by atoms with van der Waals surface area (Å²) in [4.78, 5) is 12.8. The number of aryl methyl sites for hydroxylation is 1. The van der Waals surface area contributed by atoms with Gasteiger partial charge in [-0.15, -0.1) is 0 Å². The first-order chi connectivity index (χ1) is 15.2. The predicted molar refractivity (Wildman–Crippen MR) is 124 cm³/mol. The first-order valence-electron chi connectivity index (χ1n) is 9.84. The number of amides is 1. The lowest BCUT2D eigenvalue weighted by Crippen LogP contribution is -2.18. The zero-order valence-electron chi connectivity index (χ0n) is 17.2. The number of halogens is 2. The van der Waals surface area contributed by atoms with Crippen LogP contribution in [0.3, 0.4) is 0 Å². The number of hydrogen-bond donors (Lipinski definition) is 1. The van der Waals surface area contributed by atoms with Gasteiger partial charge in [-0.25, -0.2) is 12.8 Å². The number of anilines is 1. The van der Waals surface area contributed by atoms with E-state index in [0.29, 0.717) is 22.2 Å². The molecule has 3 aromatic carbocycles. The highest BCUT2D eigenvalue weighted by molar-refractivity contribution is 7.90. The lowest BCUT2D eigenvalue weighted by molar-refractivity contribution is -0.116. The Hall–Kier alpha value is -3.16. The summed E-state index contributed by atoms with van der Waals surface area (Å²) >= 11 is 5.77. The molecule has 1 heterocycles. The Morgan fingerprint density at radius 1 is 1.06 bits per heavy atom. The fourth-order valence-electron chi connectivity index (χ4n) is 3.50. The van der Waals surface area contributed by atoms with Crippen LogP contribution in [-0.2, 0) is 26.9 Å². The first kappa shape index (κ1) is 22.0. The van der Waals surface area contributed by atoms with Crippen LogP contribution >= 0.6 is 11.6 Å². The summed E-state index contributed by atoms with van der Waals surface area (Å²) in [5.41, 5.74) is 2.72. The average Bonchev–Trinajstić information content (AvgIpc) is 3.12. The van der Waals surface area contributed by atoms with Gasteiger partial charge in [-0.3, -0.25) is 4.79 Å². The molecule has 0 spiro atoms. The molecule has 164 valence electrons. The number of hydrogen-bond acceptors (Lipinski definition) is 3. The second-order valence-corrected chi connectivity index (χ2v) is 9.93. The lowest BCUT2D eigenvalue weighted by atomic mass is 10.2. The SMILES string of the molecule is Cc1ccc(CS(=O)(=O)c2cn(CC(=O)Nc3ccc(F)c(Cl)c3)c3ccccc23)cc1. The standard InChI is InChI=1S/C24H20ClFN2O3S/c1-16-6-8-17(9-7-16)15-32(30,31)23-13-28(22-5-3-2-4-19(22)23)14-24(29)27-18-10-11-21(26)20(25)12-18/h2-13H,14-15H2,1H3,(H,27,29). The highest BCUT2D eigenvalue weighted by Gasteiger charge is 2.22. The molecule has 0 fully saturated rings. The van der Waals surface area contributed by atoms with E-state index in [9.17, 15) is 17.6 Å². The molecule has 0 atom stereocenters. The maximum atomic E-state index is 13.3. The Morgan fingerprint density at radius 3 is 2.50 bits per heavy atom. The molecule has 0 saturated heterocycles. The minimum atomic E-state index is -3.65. The van der Waals surface area contributed by atoms with Crippen molar-refractivity contribution in [1.29, 1.82) is 0 Å². The van der Waals surface area contributed by atoms with Crippen molar-refractivity contribution >= 4 is 43.9 Å². The number of nitrogens with one attached hydrogen (secondary N) is 1. The molecule has 5 nitrogen and oxygen atoms in total. The van der Waals surface area contributed by atoms with Crippen molar-refractivity contribution in [2.45, 2.75) is 24.1 Å². The van der Waals surface area contributed by atoms with Gasteiger partial charge in [0.05, 0.1) is 15.7 Å². The molecule has 8 heteroatoms. The van der Waals surface area contributed by atoms with Crippen LogP contribution in [0.4, 0.5) is 10.1 Å². The molecular weight excluding hydrogens is 451 g/mol. The number of aromatic nitrogens is 1. The minimum absolute atomic E-state index is 0.0984. The van der Waals surface area contributed by atoms with E-state index in [4.69, 9.17) is 11.6 Å². The molecule has 0 bridgehead atoms. The molecule has 0 aliphatic heterocycles. The Balaban J connectivity index is 1.62. The molecule has 0 aliphatic rings. The van der Waals surface area contributed by atoms with Gasteiger partial charge in [-0.2, -0.15) is 0 Å². The molecule has 4 rings (SSSR count). The topological polar surface area (TPSA) is 68.2 Å². The number of para-hydroxylation sites is 1. The largest absolute Gasteiger partial charge is 0.337 e. The predicted octanol–water partition coefficient (Wildman–Crippen LogP) is 5.35. The quantitative estimate of drug-likeness (QED) is 0.412. The van der Waals surface area contributed by atoms with Gasteiger partial charge in [-0.1, -0.05) is 59.6 Å². The fraction of sp³-hybridized carbons (Fsp3) is 0.125. The molecule has 4 aromatic rings. The summed E-state index contributed by atoms with van der Waals surface area (Å²) in [6, 6.07) is 18.3. The van der Waals surface area contributed by atoms with Crippen molar-refractivity contribution in [3.63, 3.8) is 0 Å². The van der Waals surface area contributed by atoms with E-state index in [1.165, 1.54) is 24.4 Å². The summed E-state index contributed by atoms with van der Waals surface area (Å²) < 4.78 is 41.3. The van der Waals surface area contributed by atoms with Crippen LogP contribution in [-0.4, -0.2) is 18.9 Å². The third-order valence-corrected chi connectivity index (χ3v) is 7.08. The summed E-state index contributed by atoms with van der Waals surface area (Å²) in [7, 11) is -3.65. The van der Waals surface area contributed by atoms with Gasteiger partial charge in [0, 0.05) is 22.8 Å². The van der Waals surface area contributed by atoms with Gasteiger partial charge in [0.15, 0.2) is 9.84 Å². The van der Waals surface area contributed by atoms with Crippen molar-refractivity contribution in [3.05, 3.63) is 94.9 Å². The highest BCUT2D eigenvalue weighted by Crippen LogP contribution is 2.28. The molecule has 0 radical (unpaired) electrons. The number of carbonyl (C=O) groups is 1. The molecule has 1 N–H and O–H groups in total. The summed E-state index contributed by atoms with van der Waals surface area (Å²) in [6.07, 6.45) is 1.49. The number of rotatable bonds is 6. The lowest BCUT2D eigenvalue weighted by Gasteiger charge is -2.08. The fourth-order valence-corrected chi connectivity index (χ4v) is 5.27. The van der Waals surface area contributed by atoms with Crippen molar-refractivity contribution in [3.8, 4) is 0 Å². The number of fused-ring (bicyclic) bond motifs is 1. The zero-order chi connectivity index (χ0) is 22.9. The molecule has 1 aromatic heterocycles. The van der Waals surface area contributed by atoms with Crippen LogP contribution in [0, 0.1) is 12.7 Å². The van der Waals surface area contributed by atoms with Gasteiger partial charge in [0.2, 0.25) is 5.91 Å². The van der Waals surface area contributed by atoms with Gasteiger partial charge < -0.3 is 9.88 Å². The van der Waals surface area contributed by atoms with Crippen LogP contribution in [0.1, 0.15) is 11.1 Å². The van der Waals surface area contributed by atoms with E-state index < -0.39 is 21.6 Å². The average molecular weight is 471 g/mol. The Morgan fingerprint density at radius 2 is 1.78 bits per heavy atom. The second kappa shape index (κ2) is 8.76. The van der Waals surface area contributed by atoms with Crippen molar-refractivity contribution in [2.75, 3.05) is 5.32 Å². The van der Waals surface area contributed by atoms with Crippen molar-refractivity contribution < 1.29 is 17.6 Å². The maximum Gasteiger partial charge on any atom is 0.244 e. The Kier molecular flexibility index (Phi) is 6.04. The molecule has 0 aliphatic carbocycles.